The molecule has 0 saturated carbocycles. The first-order valence-corrected chi connectivity index (χ1v) is 7.16. The maximum absolute atomic E-state index is 12.1. The molecule has 0 atom stereocenters. The number of carbonyl (C=O) groups is 2. The van der Waals surface area contributed by atoms with Gasteiger partial charge in [-0.25, -0.2) is 0 Å². The minimum Gasteiger partial charge on any atom is -0.318 e. The summed E-state index contributed by atoms with van der Waals surface area (Å²) in [6, 6.07) is 10.9. The Morgan fingerprint density at radius 2 is 1.70 bits per heavy atom. The molecule has 2 aromatic carbocycles. The zero-order chi connectivity index (χ0) is 16.4. The van der Waals surface area contributed by atoms with Crippen molar-refractivity contribution in [2.45, 2.75) is 13.8 Å². The largest absolute Gasteiger partial charge is 0.318 e. The summed E-state index contributed by atoms with van der Waals surface area (Å²) in [6.07, 6.45) is 1.69. The van der Waals surface area contributed by atoms with Gasteiger partial charge in [0.15, 0.2) is 0 Å². The quantitative estimate of drug-likeness (QED) is 0.636. The molecule has 0 aliphatic rings. The van der Waals surface area contributed by atoms with Crippen LogP contribution in [0.3, 0.4) is 0 Å². The molecule has 0 bridgehead atoms. The third-order valence-electron chi connectivity index (χ3n) is 3.63. The second-order valence-electron chi connectivity index (χ2n) is 5.35. The number of hydrogen-bond donors (Lipinski definition) is 3. The number of para-hydroxylation sites is 1. The van der Waals surface area contributed by atoms with E-state index in [9.17, 15) is 9.59 Å². The Morgan fingerprint density at radius 3 is 2.43 bits per heavy atom. The fourth-order valence-electron chi connectivity index (χ4n) is 2.38. The smallest absolute Gasteiger partial charge is 0.314 e. The van der Waals surface area contributed by atoms with Crippen molar-refractivity contribution in [3.63, 3.8) is 0 Å². The average Bonchev–Trinajstić information content (AvgIpc) is 2.98. The zero-order valence-corrected chi connectivity index (χ0v) is 12.8. The SMILES string of the molecule is Cc1cccc(C)c1NC(=O)C(=O)Nc1ccc2cn[nH]c2c1. The van der Waals surface area contributed by atoms with Crippen LogP contribution in [0.1, 0.15) is 11.1 Å². The third-order valence-corrected chi connectivity index (χ3v) is 3.63. The first-order chi connectivity index (χ1) is 11.0. The van der Waals surface area contributed by atoms with Gasteiger partial charge in [-0.3, -0.25) is 14.7 Å². The van der Waals surface area contributed by atoms with Gasteiger partial charge in [0.1, 0.15) is 0 Å². The maximum Gasteiger partial charge on any atom is 0.314 e. The van der Waals surface area contributed by atoms with Gasteiger partial charge in [-0.2, -0.15) is 5.10 Å². The molecular formula is C17H16N4O2. The van der Waals surface area contributed by atoms with Gasteiger partial charge in [-0.1, -0.05) is 18.2 Å². The fraction of sp³-hybridized carbons (Fsp3) is 0.118. The molecule has 23 heavy (non-hydrogen) atoms. The lowest BCUT2D eigenvalue weighted by molar-refractivity contribution is -0.133. The monoisotopic (exact) mass is 308 g/mol. The van der Waals surface area contributed by atoms with Gasteiger partial charge >= 0.3 is 11.8 Å². The molecule has 1 heterocycles. The van der Waals surface area contributed by atoms with Gasteiger partial charge < -0.3 is 10.6 Å². The van der Waals surface area contributed by atoms with E-state index in [-0.39, 0.29) is 0 Å². The molecule has 116 valence electrons. The molecule has 0 spiro atoms. The maximum atomic E-state index is 12.1. The van der Waals surface area contributed by atoms with Crippen molar-refractivity contribution in [3.8, 4) is 0 Å². The number of aromatic nitrogens is 2. The summed E-state index contributed by atoms with van der Waals surface area (Å²) in [4.78, 5) is 24.2. The van der Waals surface area contributed by atoms with Gasteiger partial charge in [0, 0.05) is 16.8 Å². The first kappa shape index (κ1) is 14.8. The minimum absolute atomic E-state index is 0.531. The number of amides is 2. The summed E-state index contributed by atoms with van der Waals surface area (Å²) in [5.41, 5.74) is 3.80. The van der Waals surface area contributed by atoms with Crippen LogP contribution in [-0.2, 0) is 9.59 Å². The minimum atomic E-state index is -0.716. The van der Waals surface area contributed by atoms with E-state index < -0.39 is 11.8 Å². The third kappa shape index (κ3) is 3.06. The highest BCUT2D eigenvalue weighted by molar-refractivity contribution is 6.43. The van der Waals surface area contributed by atoms with Crippen molar-refractivity contribution >= 4 is 34.1 Å². The van der Waals surface area contributed by atoms with Crippen LogP contribution in [0, 0.1) is 13.8 Å². The number of nitrogens with zero attached hydrogens (tertiary/aromatic N) is 1. The number of rotatable bonds is 2. The van der Waals surface area contributed by atoms with Gasteiger partial charge in [-0.05, 0) is 43.2 Å². The number of aromatic amines is 1. The van der Waals surface area contributed by atoms with Crippen molar-refractivity contribution in [2.24, 2.45) is 0 Å². The van der Waals surface area contributed by atoms with Gasteiger partial charge in [0.05, 0.1) is 11.7 Å². The molecule has 3 rings (SSSR count). The van der Waals surface area contributed by atoms with Gasteiger partial charge in [0.2, 0.25) is 0 Å². The molecule has 3 aromatic rings. The van der Waals surface area contributed by atoms with Gasteiger partial charge in [-0.15, -0.1) is 0 Å². The number of anilines is 2. The summed E-state index contributed by atoms with van der Waals surface area (Å²) in [7, 11) is 0. The number of benzene rings is 2. The topological polar surface area (TPSA) is 86.9 Å². The van der Waals surface area contributed by atoms with E-state index in [1.807, 2.05) is 38.1 Å². The molecule has 0 radical (unpaired) electrons. The molecule has 0 saturated heterocycles. The molecule has 0 aliphatic heterocycles. The second-order valence-corrected chi connectivity index (χ2v) is 5.35. The van der Waals surface area contributed by atoms with E-state index in [4.69, 9.17) is 0 Å². The molecular weight excluding hydrogens is 292 g/mol. The first-order valence-electron chi connectivity index (χ1n) is 7.16. The Balaban J connectivity index is 1.73. The highest BCUT2D eigenvalue weighted by atomic mass is 16.2. The predicted molar refractivity (Wildman–Crippen MR) is 89.3 cm³/mol. The number of H-pyrrole nitrogens is 1. The van der Waals surface area contributed by atoms with E-state index in [0.29, 0.717) is 11.4 Å². The number of nitrogens with one attached hydrogen (secondary N) is 3. The number of aryl methyl sites for hydroxylation is 2. The molecule has 3 N–H and O–H groups in total. The van der Waals surface area contributed by atoms with Crippen molar-refractivity contribution < 1.29 is 9.59 Å². The highest BCUT2D eigenvalue weighted by Gasteiger charge is 2.16. The zero-order valence-electron chi connectivity index (χ0n) is 12.8. The normalized spacial score (nSPS) is 10.5. The highest BCUT2D eigenvalue weighted by Crippen LogP contribution is 2.20. The predicted octanol–water partition coefficient (Wildman–Crippen LogP) is 2.76. The molecule has 1 aromatic heterocycles. The molecule has 6 heteroatoms. The van der Waals surface area contributed by atoms with E-state index in [0.717, 1.165) is 22.0 Å². The van der Waals surface area contributed by atoms with Crippen molar-refractivity contribution in [1.82, 2.24) is 10.2 Å². The summed E-state index contributed by atoms with van der Waals surface area (Å²) < 4.78 is 0. The number of carbonyl (C=O) groups excluding carboxylic acids is 2. The van der Waals surface area contributed by atoms with Crippen LogP contribution in [0.25, 0.3) is 10.9 Å². The van der Waals surface area contributed by atoms with Crippen LogP contribution < -0.4 is 10.6 Å². The summed E-state index contributed by atoms with van der Waals surface area (Å²) >= 11 is 0. The number of fused-ring (bicyclic) bond motifs is 1. The van der Waals surface area contributed by atoms with Crippen LogP contribution in [0.2, 0.25) is 0 Å². The van der Waals surface area contributed by atoms with Crippen LogP contribution in [-0.4, -0.2) is 22.0 Å². The van der Waals surface area contributed by atoms with E-state index in [2.05, 4.69) is 20.8 Å². The lowest BCUT2D eigenvalue weighted by Crippen LogP contribution is -2.29. The van der Waals surface area contributed by atoms with Crippen molar-refractivity contribution in [2.75, 3.05) is 10.6 Å². The molecule has 0 aliphatic carbocycles. The fourth-order valence-corrected chi connectivity index (χ4v) is 2.38. The number of hydrogen-bond acceptors (Lipinski definition) is 3. The van der Waals surface area contributed by atoms with Crippen LogP contribution in [0.4, 0.5) is 11.4 Å². The lowest BCUT2D eigenvalue weighted by atomic mass is 10.1. The average molecular weight is 308 g/mol. The summed E-state index contributed by atoms with van der Waals surface area (Å²) in [6.45, 7) is 3.76. The molecule has 2 amide bonds. The molecule has 6 nitrogen and oxygen atoms in total. The lowest BCUT2D eigenvalue weighted by Gasteiger charge is -2.11. The Labute approximate surface area is 132 Å². The standard InChI is InChI=1S/C17H16N4O2/c1-10-4-3-5-11(2)15(10)20-17(23)16(22)19-13-7-6-12-9-18-21-14(12)8-13/h3-9H,1-2H3,(H,18,21)(H,19,22)(H,20,23). The Kier molecular flexibility index (Phi) is 3.80. The molecule has 0 unspecified atom stereocenters. The van der Waals surface area contributed by atoms with Crippen LogP contribution >= 0.6 is 0 Å². The van der Waals surface area contributed by atoms with E-state index in [1.54, 1.807) is 18.3 Å². The van der Waals surface area contributed by atoms with Gasteiger partial charge in [0.25, 0.3) is 0 Å². The van der Waals surface area contributed by atoms with E-state index in [1.165, 1.54) is 0 Å². The summed E-state index contributed by atoms with van der Waals surface area (Å²) in [5.74, 6) is -1.42. The second kappa shape index (κ2) is 5.92. The summed E-state index contributed by atoms with van der Waals surface area (Å²) in [5, 5.41) is 12.9. The van der Waals surface area contributed by atoms with Crippen LogP contribution in [0.5, 0.6) is 0 Å². The van der Waals surface area contributed by atoms with Crippen molar-refractivity contribution in [1.29, 1.82) is 0 Å². The Morgan fingerprint density at radius 1 is 1.00 bits per heavy atom. The molecule has 0 fully saturated rings. The van der Waals surface area contributed by atoms with E-state index >= 15 is 0 Å². The van der Waals surface area contributed by atoms with Crippen LogP contribution in [0.15, 0.2) is 42.6 Å². The Hall–Kier alpha value is -3.15. The Bertz CT molecular complexity index is 878. The van der Waals surface area contributed by atoms with Crippen molar-refractivity contribution in [3.05, 3.63) is 53.7 Å².